The maximum absolute atomic E-state index is 10.7. The summed E-state index contributed by atoms with van der Waals surface area (Å²) in [6.45, 7) is 1.93. The van der Waals surface area contributed by atoms with Crippen LogP contribution in [0.15, 0.2) is 17.6 Å². The molecule has 0 unspecified atom stereocenters. The molecule has 0 saturated carbocycles. The smallest absolute Gasteiger partial charge is 0.355 e. The number of aryl methyl sites for hydroxylation is 1. The Labute approximate surface area is 117 Å². The molecule has 2 N–H and O–H groups in total. The van der Waals surface area contributed by atoms with Crippen LogP contribution in [0.5, 0.6) is 0 Å². The van der Waals surface area contributed by atoms with Crippen LogP contribution in [-0.2, 0) is 6.54 Å². The molecule has 8 nitrogen and oxygen atoms in total. The number of carbonyl (C=O) groups is 1. The molecule has 0 amide bonds. The van der Waals surface area contributed by atoms with Gasteiger partial charge in [-0.3, -0.25) is 10.1 Å². The predicted molar refractivity (Wildman–Crippen MR) is 72.0 cm³/mol. The summed E-state index contributed by atoms with van der Waals surface area (Å²) in [7, 11) is 0. The highest BCUT2D eigenvalue weighted by Crippen LogP contribution is 2.19. The summed E-state index contributed by atoms with van der Waals surface area (Å²) in [6, 6.07) is 1.56. The van der Waals surface area contributed by atoms with Crippen molar-refractivity contribution in [3.05, 3.63) is 44.0 Å². The van der Waals surface area contributed by atoms with Gasteiger partial charge in [0.15, 0.2) is 5.69 Å². The lowest BCUT2D eigenvalue weighted by atomic mass is 10.2. The van der Waals surface area contributed by atoms with Crippen LogP contribution in [0.1, 0.15) is 21.1 Å². The topological polar surface area (TPSA) is 118 Å². The number of hydrogen-bond acceptors (Lipinski definition) is 7. The van der Waals surface area contributed by atoms with Crippen molar-refractivity contribution in [2.75, 3.05) is 5.32 Å². The minimum absolute atomic E-state index is 0.000334. The highest BCUT2D eigenvalue weighted by molar-refractivity contribution is 7.09. The van der Waals surface area contributed by atoms with Crippen LogP contribution in [0, 0.1) is 17.0 Å². The van der Waals surface area contributed by atoms with Crippen molar-refractivity contribution in [1.82, 2.24) is 9.97 Å². The second kappa shape index (κ2) is 5.61. The molecule has 0 aromatic carbocycles. The molecule has 0 aliphatic carbocycles. The number of aromatic nitrogens is 2. The van der Waals surface area contributed by atoms with E-state index >= 15 is 0 Å². The number of thiazole rings is 1. The second-order valence-corrected chi connectivity index (χ2v) is 4.84. The summed E-state index contributed by atoms with van der Waals surface area (Å²) >= 11 is 1.22. The number of anilines is 1. The third-order valence-corrected chi connectivity index (χ3v) is 3.32. The lowest BCUT2D eigenvalue weighted by Crippen LogP contribution is -2.03. The van der Waals surface area contributed by atoms with Gasteiger partial charge < -0.3 is 10.4 Å². The number of carboxylic acids is 1. The molecule has 2 heterocycles. The third kappa shape index (κ3) is 3.06. The summed E-state index contributed by atoms with van der Waals surface area (Å²) in [6.07, 6.45) is 1.18. The molecule has 104 valence electrons. The lowest BCUT2D eigenvalue weighted by molar-refractivity contribution is -0.385. The Morgan fingerprint density at radius 1 is 1.60 bits per heavy atom. The molecular weight excluding hydrogens is 284 g/mol. The van der Waals surface area contributed by atoms with E-state index in [0.717, 1.165) is 0 Å². The third-order valence-electron chi connectivity index (χ3n) is 2.47. The van der Waals surface area contributed by atoms with E-state index in [4.69, 9.17) is 5.11 Å². The Balaban J connectivity index is 2.05. The molecule has 0 atom stereocenters. The standard InChI is InChI=1S/C11H10N4O4S/c1-6-2-9(12-3-8(6)15(18)19)13-4-10-14-7(5-20-10)11(16)17/h2-3,5H,4H2,1H3,(H,12,13)(H,16,17). The Morgan fingerprint density at radius 3 is 2.90 bits per heavy atom. The van der Waals surface area contributed by atoms with E-state index in [9.17, 15) is 14.9 Å². The number of rotatable bonds is 5. The van der Waals surface area contributed by atoms with Crippen molar-refractivity contribution in [2.24, 2.45) is 0 Å². The molecule has 0 aliphatic heterocycles. The van der Waals surface area contributed by atoms with Crippen LogP contribution < -0.4 is 5.32 Å². The van der Waals surface area contributed by atoms with Crippen molar-refractivity contribution >= 4 is 28.8 Å². The first-order valence-electron chi connectivity index (χ1n) is 5.50. The summed E-state index contributed by atoms with van der Waals surface area (Å²) in [5, 5.41) is 24.4. The van der Waals surface area contributed by atoms with Crippen LogP contribution in [0.2, 0.25) is 0 Å². The molecule has 2 aromatic heterocycles. The zero-order valence-corrected chi connectivity index (χ0v) is 11.2. The van der Waals surface area contributed by atoms with Gasteiger partial charge in [0.25, 0.3) is 5.69 Å². The first-order chi connectivity index (χ1) is 9.47. The first-order valence-corrected chi connectivity index (χ1v) is 6.38. The molecule has 2 aromatic rings. The Morgan fingerprint density at radius 2 is 2.35 bits per heavy atom. The zero-order valence-electron chi connectivity index (χ0n) is 10.4. The number of nitrogens with one attached hydrogen (secondary N) is 1. The van der Waals surface area contributed by atoms with Crippen LogP contribution in [0.4, 0.5) is 11.5 Å². The predicted octanol–water partition coefficient (Wildman–Crippen LogP) is 2.07. The minimum atomic E-state index is -1.07. The first kappa shape index (κ1) is 13.9. The molecule has 0 spiro atoms. The van der Waals surface area contributed by atoms with Crippen LogP contribution >= 0.6 is 11.3 Å². The van der Waals surface area contributed by atoms with E-state index in [-0.39, 0.29) is 11.4 Å². The summed E-state index contributed by atoms with van der Waals surface area (Å²) in [4.78, 5) is 28.7. The van der Waals surface area contributed by atoms with E-state index in [1.807, 2.05) is 0 Å². The van der Waals surface area contributed by atoms with Gasteiger partial charge in [-0.2, -0.15) is 0 Å². The van der Waals surface area contributed by atoms with Crippen LogP contribution in [-0.4, -0.2) is 26.0 Å². The van der Waals surface area contributed by atoms with Gasteiger partial charge in [0.05, 0.1) is 11.5 Å². The highest BCUT2D eigenvalue weighted by Gasteiger charge is 2.12. The van der Waals surface area contributed by atoms with Crippen LogP contribution in [0.3, 0.4) is 0 Å². The normalized spacial score (nSPS) is 10.2. The molecule has 0 fully saturated rings. The van der Waals surface area contributed by atoms with Gasteiger partial charge in [0.1, 0.15) is 17.0 Å². The Bertz CT molecular complexity index is 670. The molecule has 9 heteroatoms. The van der Waals surface area contributed by atoms with Crippen LogP contribution in [0.25, 0.3) is 0 Å². The van der Waals surface area contributed by atoms with E-state index in [1.54, 1.807) is 13.0 Å². The van der Waals surface area contributed by atoms with Crippen molar-refractivity contribution in [3.8, 4) is 0 Å². The molecular formula is C11H10N4O4S. The SMILES string of the molecule is Cc1cc(NCc2nc(C(=O)O)cs2)ncc1[N+](=O)[O-]. The minimum Gasteiger partial charge on any atom is -0.476 e. The van der Waals surface area contributed by atoms with Crippen molar-refractivity contribution in [2.45, 2.75) is 13.5 Å². The molecule has 0 bridgehead atoms. The van der Waals surface area contributed by atoms with Gasteiger partial charge >= 0.3 is 5.97 Å². The summed E-state index contributed by atoms with van der Waals surface area (Å²) < 4.78 is 0. The Kier molecular flexibility index (Phi) is 3.89. The number of hydrogen-bond donors (Lipinski definition) is 2. The van der Waals surface area contributed by atoms with Gasteiger partial charge in [-0.25, -0.2) is 14.8 Å². The number of nitro groups is 1. The second-order valence-electron chi connectivity index (χ2n) is 3.90. The van der Waals surface area contributed by atoms with E-state index in [2.05, 4.69) is 15.3 Å². The van der Waals surface area contributed by atoms with Crippen molar-refractivity contribution in [1.29, 1.82) is 0 Å². The fraction of sp³-hybridized carbons (Fsp3) is 0.182. The fourth-order valence-corrected chi connectivity index (χ4v) is 2.20. The van der Waals surface area contributed by atoms with Gasteiger partial charge in [-0.15, -0.1) is 11.3 Å². The van der Waals surface area contributed by atoms with E-state index in [0.29, 0.717) is 22.9 Å². The highest BCUT2D eigenvalue weighted by atomic mass is 32.1. The maximum Gasteiger partial charge on any atom is 0.355 e. The van der Waals surface area contributed by atoms with Crippen molar-refractivity contribution in [3.63, 3.8) is 0 Å². The molecule has 0 aliphatic rings. The number of nitrogens with zero attached hydrogens (tertiary/aromatic N) is 3. The van der Waals surface area contributed by atoms with Gasteiger partial charge in [0, 0.05) is 10.9 Å². The molecule has 0 radical (unpaired) electrons. The summed E-state index contributed by atoms with van der Waals surface area (Å²) in [5.74, 6) is -0.600. The zero-order chi connectivity index (χ0) is 14.7. The quantitative estimate of drug-likeness (QED) is 0.640. The maximum atomic E-state index is 10.7. The number of aromatic carboxylic acids is 1. The van der Waals surface area contributed by atoms with Gasteiger partial charge in [0.2, 0.25) is 0 Å². The number of pyridine rings is 1. The number of carboxylic acid groups (broad SMARTS) is 1. The Hall–Kier alpha value is -2.55. The monoisotopic (exact) mass is 294 g/mol. The average Bonchev–Trinajstić information content (AvgIpc) is 2.85. The molecule has 0 saturated heterocycles. The van der Waals surface area contributed by atoms with E-state index < -0.39 is 10.9 Å². The van der Waals surface area contributed by atoms with Gasteiger partial charge in [-0.1, -0.05) is 0 Å². The fourth-order valence-electron chi connectivity index (χ4n) is 1.49. The average molecular weight is 294 g/mol. The molecule has 20 heavy (non-hydrogen) atoms. The largest absolute Gasteiger partial charge is 0.476 e. The van der Waals surface area contributed by atoms with E-state index in [1.165, 1.54) is 22.9 Å². The van der Waals surface area contributed by atoms with Gasteiger partial charge in [-0.05, 0) is 13.0 Å². The lowest BCUT2D eigenvalue weighted by Gasteiger charge is -2.04. The summed E-state index contributed by atoms with van der Waals surface area (Å²) in [5.41, 5.74) is 0.454. The molecule has 2 rings (SSSR count). The van der Waals surface area contributed by atoms with Crippen molar-refractivity contribution < 1.29 is 14.8 Å².